The molecule has 0 atom stereocenters. The summed E-state index contributed by atoms with van der Waals surface area (Å²) in [4.78, 5) is 0. The van der Waals surface area contributed by atoms with Crippen LogP contribution < -0.4 is 0 Å². The maximum Gasteiger partial charge on any atom is -0.0228 e. The summed E-state index contributed by atoms with van der Waals surface area (Å²) in [5, 5.41) is 0. The van der Waals surface area contributed by atoms with E-state index in [1.807, 2.05) is 0 Å². The normalized spacial score (nSPS) is 10.8. The molecule has 112 valence electrons. The first-order valence-corrected chi connectivity index (χ1v) is 8.46. The lowest BCUT2D eigenvalue weighted by atomic mass is 9.95. The first kappa shape index (κ1) is 17.0. The van der Waals surface area contributed by atoms with Gasteiger partial charge in [0.15, 0.2) is 0 Å². The van der Waals surface area contributed by atoms with Crippen molar-refractivity contribution in [2.45, 2.75) is 78.6 Å². The van der Waals surface area contributed by atoms with Gasteiger partial charge in [-0.05, 0) is 54.9 Å². The molecular formula is C20H32. The maximum atomic E-state index is 4.28. The maximum absolute atomic E-state index is 4.28. The molecule has 0 radical (unpaired) electrons. The van der Waals surface area contributed by atoms with Gasteiger partial charge in [0, 0.05) is 0 Å². The average molecular weight is 272 g/mol. The predicted molar refractivity (Wildman–Crippen MR) is 92.2 cm³/mol. The Morgan fingerprint density at radius 3 is 2.30 bits per heavy atom. The van der Waals surface area contributed by atoms with E-state index in [1.54, 1.807) is 0 Å². The van der Waals surface area contributed by atoms with Gasteiger partial charge in [0.1, 0.15) is 0 Å². The summed E-state index contributed by atoms with van der Waals surface area (Å²) in [5.74, 6) is 0. The van der Waals surface area contributed by atoms with Crippen molar-refractivity contribution in [3.8, 4) is 0 Å². The molecule has 0 nitrogen and oxygen atoms in total. The Kier molecular flexibility index (Phi) is 8.34. The highest BCUT2D eigenvalue weighted by atomic mass is 14.1. The molecule has 0 spiro atoms. The van der Waals surface area contributed by atoms with Gasteiger partial charge in [-0.1, -0.05) is 70.7 Å². The smallest absolute Gasteiger partial charge is 0.0228 e. The van der Waals surface area contributed by atoms with Crippen LogP contribution in [0, 0.1) is 6.92 Å². The van der Waals surface area contributed by atoms with Crippen LogP contribution in [0.2, 0.25) is 0 Å². The molecule has 1 rings (SSSR count). The Morgan fingerprint density at radius 1 is 0.950 bits per heavy atom. The molecule has 0 heteroatoms. The molecule has 0 saturated heterocycles. The van der Waals surface area contributed by atoms with Crippen LogP contribution in [0.4, 0.5) is 0 Å². The predicted octanol–water partition coefficient (Wildman–Crippen LogP) is 6.71. The van der Waals surface area contributed by atoms with E-state index in [-0.39, 0.29) is 0 Å². The van der Waals surface area contributed by atoms with Crippen LogP contribution in [0.3, 0.4) is 0 Å². The van der Waals surface area contributed by atoms with Crippen LogP contribution in [0.1, 0.15) is 81.9 Å². The first-order valence-electron chi connectivity index (χ1n) is 8.46. The van der Waals surface area contributed by atoms with Crippen LogP contribution in [-0.2, 0) is 6.42 Å². The third-order valence-corrected chi connectivity index (χ3v) is 4.13. The minimum atomic E-state index is 1.15. The lowest BCUT2D eigenvalue weighted by Gasteiger charge is -2.10. The van der Waals surface area contributed by atoms with Gasteiger partial charge < -0.3 is 0 Å². The number of aryl methyl sites for hydroxylation is 2. The second kappa shape index (κ2) is 9.80. The topological polar surface area (TPSA) is 0 Å². The molecule has 0 aromatic heterocycles. The number of hydrogen-bond acceptors (Lipinski definition) is 0. The standard InChI is InChI=1S/C20H32/c1-5-7-9-10-11-12-17(3)20-15-14-19(13-8-6-2)18(4)16-20/h14-16H,3,5-13H2,1-2,4H3. The molecule has 0 aliphatic carbocycles. The van der Waals surface area contributed by atoms with Gasteiger partial charge in [0.05, 0.1) is 0 Å². The zero-order valence-electron chi connectivity index (χ0n) is 13.8. The third-order valence-electron chi connectivity index (χ3n) is 4.13. The van der Waals surface area contributed by atoms with Gasteiger partial charge in [-0.25, -0.2) is 0 Å². The SMILES string of the molecule is C=C(CCCCCCC)c1ccc(CCCC)c(C)c1. The number of allylic oxidation sites excluding steroid dienone is 1. The molecular weight excluding hydrogens is 240 g/mol. The zero-order chi connectivity index (χ0) is 14.8. The fraction of sp³-hybridized carbons (Fsp3) is 0.600. The van der Waals surface area contributed by atoms with Crippen molar-refractivity contribution in [3.63, 3.8) is 0 Å². The van der Waals surface area contributed by atoms with Gasteiger partial charge in [-0.2, -0.15) is 0 Å². The number of unbranched alkanes of at least 4 members (excludes halogenated alkanes) is 5. The van der Waals surface area contributed by atoms with E-state index >= 15 is 0 Å². The Bertz CT molecular complexity index is 400. The largest absolute Gasteiger partial charge is 0.0952 e. The molecule has 0 aliphatic heterocycles. The minimum absolute atomic E-state index is 1.15. The second-order valence-corrected chi connectivity index (χ2v) is 6.01. The average Bonchev–Trinajstić information content (AvgIpc) is 2.45. The summed E-state index contributed by atoms with van der Waals surface area (Å²) in [7, 11) is 0. The summed E-state index contributed by atoms with van der Waals surface area (Å²) in [6.07, 6.45) is 11.6. The highest BCUT2D eigenvalue weighted by Gasteiger charge is 2.03. The van der Waals surface area contributed by atoms with Crippen LogP contribution in [0.25, 0.3) is 5.57 Å². The van der Waals surface area contributed by atoms with Gasteiger partial charge >= 0.3 is 0 Å². The Labute approximate surface area is 126 Å². The number of hydrogen-bond donors (Lipinski definition) is 0. The lowest BCUT2D eigenvalue weighted by molar-refractivity contribution is 0.640. The van der Waals surface area contributed by atoms with Crippen molar-refractivity contribution in [1.29, 1.82) is 0 Å². The second-order valence-electron chi connectivity index (χ2n) is 6.01. The summed E-state index contributed by atoms with van der Waals surface area (Å²) in [6, 6.07) is 6.91. The molecule has 0 bridgehead atoms. The molecule has 0 fully saturated rings. The van der Waals surface area contributed by atoms with Crippen LogP contribution >= 0.6 is 0 Å². The molecule has 0 saturated carbocycles. The van der Waals surface area contributed by atoms with Crippen LogP contribution in [0.5, 0.6) is 0 Å². The van der Waals surface area contributed by atoms with E-state index in [4.69, 9.17) is 0 Å². The van der Waals surface area contributed by atoms with E-state index in [0.717, 1.165) is 6.42 Å². The van der Waals surface area contributed by atoms with Crippen molar-refractivity contribution >= 4 is 5.57 Å². The molecule has 0 heterocycles. The molecule has 0 amide bonds. The van der Waals surface area contributed by atoms with Crippen molar-refractivity contribution in [2.24, 2.45) is 0 Å². The van der Waals surface area contributed by atoms with Gasteiger partial charge in [0.2, 0.25) is 0 Å². The summed E-state index contributed by atoms with van der Waals surface area (Å²) in [5.41, 5.74) is 5.60. The van der Waals surface area contributed by atoms with Gasteiger partial charge in [0.25, 0.3) is 0 Å². The minimum Gasteiger partial charge on any atom is -0.0952 e. The number of rotatable bonds is 10. The molecule has 0 unspecified atom stereocenters. The summed E-state index contributed by atoms with van der Waals surface area (Å²) < 4.78 is 0. The van der Waals surface area contributed by atoms with Gasteiger partial charge in [-0.15, -0.1) is 0 Å². The summed E-state index contributed by atoms with van der Waals surface area (Å²) in [6.45, 7) is 11.0. The van der Waals surface area contributed by atoms with Crippen molar-refractivity contribution < 1.29 is 0 Å². The highest BCUT2D eigenvalue weighted by molar-refractivity contribution is 5.64. The molecule has 0 aliphatic rings. The fourth-order valence-electron chi connectivity index (χ4n) is 2.65. The molecule has 0 N–H and O–H groups in total. The van der Waals surface area contributed by atoms with Crippen LogP contribution in [-0.4, -0.2) is 0 Å². The van der Waals surface area contributed by atoms with Crippen molar-refractivity contribution in [3.05, 3.63) is 41.5 Å². The van der Waals surface area contributed by atoms with Gasteiger partial charge in [-0.3, -0.25) is 0 Å². The first-order chi connectivity index (χ1) is 9.69. The fourth-order valence-corrected chi connectivity index (χ4v) is 2.65. The Hall–Kier alpha value is -1.04. The monoisotopic (exact) mass is 272 g/mol. The summed E-state index contributed by atoms with van der Waals surface area (Å²) >= 11 is 0. The molecule has 1 aromatic rings. The Morgan fingerprint density at radius 2 is 1.65 bits per heavy atom. The zero-order valence-corrected chi connectivity index (χ0v) is 13.8. The van der Waals surface area contributed by atoms with Crippen molar-refractivity contribution in [1.82, 2.24) is 0 Å². The Balaban J connectivity index is 2.46. The molecule has 20 heavy (non-hydrogen) atoms. The van der Waals surface area contributed by atoms with Crippen LogP contribution in [0.15, 0.2) is 24.8 Å². The van der Waals surface area contributed by atoms with Crippen molar-refractivity contribution in [2.75, 3.05) is 0 Å². The van der Waals surface area contributed by atoms with E-state index in [2.05, 4.69) is 45.5 Å². The van der Waals surface area contributed by atoms with E-state index in [1.165, 1.54) is 73.6 Å². The van der Waals surface area contributed by atoms with E-state index in [9.17, 15) is 0 Å². The third kappa shape index (κ3) is 5.94. The highest BCUT2D eigenvalue weighted by Crippen LogP contribution is 2.23. The van der Waals surface area contributed by atoms with E-state index in [0.29, 0.717) is 0 Å². The lowest BCUT2D eigenvalue weighted by Crippen LogP contribution is -1.92. The van der Waals surface area contributed by atoms with E-state index < -0.39 is 0 Å². The number of benzene rings is 1. The quantitative estimate of drug-likeness (QED) is 0.415. The molecule has 1 aromatic carbocycles.